The second-order valence-electron chi connectivity index (χ2n) is 5.73. The highest BCUT2D eigenvalue weighted by molar-refractivity contribution is 5.91. The predicted molar refractivity (Wildman–Crippen MR) is 93.1 cm³/mol. The van der Waals surface area contributed by atoms with Gasteiger partial charge in [0.25, 0.3) is 0 Å². The van der Waals surface area contributed by atoms with E-state index in [1.807, 2.05) is 18.2 Å². The summed E-state index contributed by atoms with van der Waals surface area (Å²) in [6.45, 7) is 1.95. The van der Waals surface area contributed by atoms with E-state index in [1.165, 1.54) is 5.69 Å². The van der Waals surface area contributed by atoms with E-state index in [9.17, 15) is 4.79 Å². The summed E-state index contributed by atoms with van der Waals surface area (Å²) in [7, 11) is 0. The van der Waals surface area contributed by atoms with Crippen LogP contribution in [0.5, 0.6) is 0 Å². The first-order valence-corrected chi connectivity index (χ1v) is 8.00. The van der Waals surface area contributed by atoms with Crippen LogP contribution in [0.15, 0.2) is 60.9 Å². The Kier molecular flexibility index (Phi) is 5.04. The number of nitrogens with zero attached hydrogens (tertiary/aromatic N) is 2. The van der Waals surface area contributed by atoms with E-state index < -0.39 is 0 Å². The maximum atomic E-state index is 12.0. The number of hydrogen-bond acceptors (Lipinski definition) is 3. The number of hydrogen-bond donors (Lipinski definition) is 1. The number of nitrogens with one attached hydrogen (secondary N) is 1. The van der Waals surface area contributed by atoms with Gasteiger partial charge < -0.3 is 10.2 Å². The third-order valence-corrected chi connectivity index (χ3v) is 4.07. The Bertz CT molecular complexity index is 647. The maximum Gasteiger partial charge on any atom is 0.244 e. The van der Waals surface area contributed by atoms with Crippen LogP contribution in [0.4, 0.5) is 5.69 Å². The molecule has 2 heterocycles. The van der Waals surface area contributed by atoms with E-state index in [0.29, 0.717) is 0 Å². The van der Waals surface area contributed by atoms with Crippen molar-refractivity contribution in [2.75, 3.05) is 18.0 Å². The molecule has 1 aromatic heterocycles. The molecule has 1 N–H and O–H groups in total. The molecule has 0 aliphatic carbocycles. The molecule has 1 aromatic carbocycles. The molecule has 1 aliphatic rings. The first-order chi connectivity index (χ1) is 11.3. The largest absolute Gasteiger partial charge is 0.371 e. The normalized spacial score (nSPS) is 15.7. The van der Waals surface area contributed by atoms with Crippen molar-refractivity contribution in [3.8, 4) is 0 Å². The average molecular weight is 307 g/mol. The van der Waals surface area contributed by atoms with Gasteiger partial charge in [0.1, 0.15) is 0 Å². The molecule has 2 aromatic rings. The maximum absolute atomic E-state index is 12.0. The predicted octanol–water partition coefficient (Wildman–Crippen LogP) is 2.88. The molecule has 23 heavy (non-hydrogen) atoms. The number of para-hydroxylation sites is 1. The number of piperidine rings is 1. The summed E-state index contributed by atoms with van der Waals surface area (Å²) in [5.74, 6) is -0.0352. The summed E-state index contributed by atoms with van der Waals surface area (Å²) in [6.07, 6.45) is 8.78. The minimum atomic E-state index is -0.0352. The zero-order valence-electron chi connectivity index (χ0n) is 13.1. The van der Waals surface area contributed by atoms with Gasteiger partial charge in [-0.15, -0.1) is 0 Å². The summed E-state index contributed by atoms with van der Waals surface area (Å²) in [5.41, 5.74) is 2.19. The van der Waals surface area contributed by atoms with E-state index in [1.54, 1.807) is 24.5 Å². The minimum Gasteiger partial charge on any atom is -0.371 e. The molecule has 118 valence electrons. The molecule has 1 saturated heterocycles. The van der Waals surface area contributed by atoms with Gasteiger partial charge in [-0.25, -0.2) is 0 Å². The van der Waals surface area contributed by atoms with Crippen LogP contribution in [0.3, 0.4) is 0 Å². The third kappa shape index (κ3) is 4.42. The standard InChI is InChI=1S/C19H21N3O/c23-19(9-8-16-5-4-12-20-15-16)21-17-10-13-22(14-11-17)18-6-2-1-3-7-18/h1-9,12,15,17H,10-11,13-14H2,(H,21,23)/b9-8-. The van der Waals surface area contributed by atoms with E-state index in [2.05, 4.69) is 39.5 Å². The van der Waals surface area contributed by atoms with Crippen molar-refractivity contribution in [3.63, 3.8) is 0 Å². The monoisotopic (exact) mass is 307 g/mol. The van der Waals surface area contributed by atoms with Crippen LogP contribution < -0.4 is 10.2 Å². The highest BCUT2D eigenvalue weighted by atomic mass is 16.1. The molecule has 3 rings (SSSR count). The molecule has 4 nitrogen and oxygen atoms in total. The lowest BCUT2D eigenvalue weighted by atomic mass is 10.0. The van der Waals surface area contributed by atoms with Crippen LogP contribution in [0.2, 0.25) is 0 Å². The molecule has 4 heteroatoms. The molecule has 1 fully saturated rings. The Balaban J connectivity index is 1.47. The highest BCUT2D eigenvalue weighted by Gasteiger charge is 2.19. The van der Waals surface area contributed by atoms with Crippen LogP contribution in [-0.2, 0) is 4.79 Å². The average Bonchev–Trinajstić information content (AvgIpc) is 2.62. The molecule has 0 atom stereocenters. The molecular formula is C19H21N3O. The van der Waals surface area contributed by atoms with Crippen molar-refractivity contribution in [2.45, 2.75) is 18.9 Å². The lowest BCUT2D eigenvalue weighted by Crippen LogP contribution is -2.44. The van der Waals surface area contributed by atoms with E-state index in [-0.39, 0.29) is 11.9 Å². The number of amides is 1. The number of rotatable bonds is 4. The number of anilines is 1. The molecule has 1 amide bonds. The lowest BCUT2D eigenvalue weighted by molar-refractivity contribution is -0.117. The van der Waals surface area contributed by atoms with Gasteiger partial charge in [-0.2, -0.15) is 0 Å². The Labute approximate surface area is 136 Å². The molecular weight excluding hydrogens is 286 g/mol. The Morgan fingerprint density at radius 1 is 1.13 bits per heavy atom. The smallest absolute Gasteiger partial charge is 0.244 e. The van der Waals surface area contributed by atoms with Gasteiger partial charge >= 0.3 is 0 Å². The SMILES string of the molecule is O=C(/C=C\c1cccnc1)NC1CCN(c2ccccc2)CC1. The Hall–Kier alpha value is -2.62. The molecule has 0 saturated carbocycles. The summed E-state index contributed by atoms with van der Waals surface area (Å²) in [6, 6.07) is 14.5. The van der Waals surface area contributed by atoms with Crippen LogP contribution in [0, 0.1) is 0 Å². The van der Waals surface area contributed by atoms with Gasteiger partial charge in [0, 0.05) is 43.3 Å². The van der Waals surface area contributed by atoms with Crippen molar-refractivity contribution >= 4 is 17.7 Å². The van der Waals surface area contributed by atoms with Crippen LogP contribution in [0.25, 0.3) is 6.08 Å². The molecule has 0 radical (unpaired) electrons. The molecule has 1 aliphatic heterocycles. The highest BCUT2D eigenvalue weighted by Crippen LogP contribution is 2.19. The van der Waals surface area contributed by atoms with Crippen LogP contribution in [-0.4, -0.2) is 30.0 Å². The van der Waals surface area contributed by atoms with Crippen LogP contribution in [0.1, 0.15) is 18.4 Å². The summed E-state index contributed by atoms with van der Waals surface area (Å²) in [5, 5.41) is 3.09. The second kappa shape index (κ2) is 7.58. The van der Waals surface area contributed by atoms with Crippen molar-refractivity contribution < 1.29 is 4.79 Å². The number of benzene rings is 1. The molecule has 0 unspecified atom stereocenters. The molecule has 0 spiro atoms. The van der Waals surface area contributed by atoms with E-state index in [4.69, 9.17) is 0 Å². The van der Waals surface area contributed by atoms with Gasteiger partial charge in [-0.05, 0) is 42.7 Å². The quantitative estimate of drug-likeness (QED) is 0.884. The topological polar surface area (TPSA) is 45.2 Å². The van der Waals surface area contributed by atoms with Gasteiger partial charge in [-0.1, -0.05) is 24.3 Å². The minimum absolute atomic E-state index is 0.0352. The Morgan fingerprint density at radius 3 is 2.61 bits per heavy atom. The lowest BCUT2D eigenvalue weighted by Gasteiger charge is -2.33. The van der Waals surface area contributed by atoms with Gasteiger partial charge in [0.2, 0.25) is 5.91 Å². The summed E-state index contributed by atoms with van der Waals surface area (Å²) in [4.78, 5) is 18.4. The number of pyridine rings is 1. The van der Waals surface area contributed by atoms with Gasteiger partial charge in [-0.3, -0.25) is 9.78 Å². The first kappa shape index (κ1) is 15.3. The summed E-state index contributed by atoms with van der Waals surface area (Å²) >= 11 is 0. The van der Waals surface area contributed by atoms with E-state index >= 15 is 0 Å². The summed E-state index contributed by atoms with van der Waals surface area (Å²) < 4.78 is 0. The fourth-order valence-electron chi connectivity index (χ4n) is 2.82. The first-order valence-electron chi connectivity index (χ1n) is 8.00. The zero-order chi connectivity index (χ0) is 15.9. The van der Waals surface area contributed by atoms with Crippen molar-refractivity contribution in [3.05, 3.63) is 66.5 Å². The van der Waals surface area contributed by atoms with Crippen LogP contribution >= 0.6 is 0 Å². The number of carbonyl (C=O) groups is 1. The van der Waals surface area contributed by atoms with Crippen molar-refractivity contribution in [1.29, 1.82) is 0 Å². The third-order valence-electron chi connectivity index (χ3n) is 4.07. The zero-order valence-corrected chi connectivity index (χ0v) is 13.1. The fraction of sp³-hybridized carbons (Fsp3) is 0.263. The molecule has 0 bridgehead atoms. The van der Waals surface area contributed by atoms with Crippen molar-refractivity contribution in [2.24, 2.45) is 0 Å². The van der Waals surface area contributed by atoms with Gasteiger partial charge in [0.15, 0.2) is 0 Å². The van der Waals surface area contributed by atoms with Gasteiger partial charge in [0.05, 0.1) is 0 Å². The second-order valence-corrected chi connectivity index (χ2v) is 5.73. The number of aromatic nitrogens is 1. The Morgan fingerprint density at radius 2 is 1.91 bits per heavy atom. The number of carbonyl (C=O) groups excluding carboxylic acids is 1. The fourth-order valence-corrected chi connectivity index (χ4v) is 2.82. The van der Waals surface area contributed by atoms with E-state index in [0.717, 1.165) is 31.5 Å². The van der Waals surface area contributed by atoms with Crippen molar-refractivity contribution in [1.82, 2.24) is 10.3 Å².